The first-order valence-electron chi connectivity index (χ1n) is 10.6. The molecule has 1 saturated heterocycles. The lowest BCUT2D eigenvalue weighted by molar-refractivity contribution is -0.119. The molecule has 0 atom stereocenters. The number of anilines is 2. The minimum absolute atomic E-state index is 0.160. The summed E-state index contributed by atoms with van der Waals surface area (Å²) >= 11 is 1.49. The van der Waals surface area contributed by atoms with Crippen LogP contribution in [-0.2, 0) is 11.3 Å². The molecule has 0 N–H and O–H groups in total. The Hall–Kier alpha value is -3.47. The molecule has 2 aliphatic rings. The van der Waals surface area contributed by atoms with E-state index in [-0.39, 0.29) is 12.5 Å². The van der Waals surface area contributed by atoms with Gasteiger partial charge in [-0.1, -0.05) is 17.4 Å². The van der Waals surface area contributed by atoms with Crippen LogP contribution in [-0.4, -0.2) is 56.3 Å². The van der Waals surface area contributed by atoms with Gasteiger partial charge >= 0.3 is 5.69 Å². The summed E-state index contributed by atoms with van der Waals surface area (Å²) in [6.07, 6.45) is 3.74. The van der Waals surface area contributed by atoms with Crippen molar-refractivity contribution >= 4 is 44.1 Å². The number of hydrogen-bond donors (Lipinski definition) is 0. The number of rotatable bonds is 3. The zero-order chi connectivity index (χ0) is 21.8. The van der Waals surface area contributed by atoms with Gasteiger partial charge in [0.15, 0.2) is 16.4 Å². The summed E-state index contributed by atoms with van der Waals surface area (Å²) < 4.78 is 9.02. The van der Waals surface area contributed by atoms with Gasteiger partial charge in [-0.2, -0.15) is 4.98 Å². The molecule has 10 nitrogen and oxygen atoms in total. The van der Waals surface area contributed by atoms with E-state index in [2.05, 4.69) is 20.0 Å². The largest absolute Gasteiger partial charge is 0.490 e. The number of fused-ring (bicyclic) bond motifs is 4. The van der Waals surface area contributed by atoms with Crippen LogP contribution in [0.4, 0.5) is 10.8 Å². The number of carbonyl (C=O) groups is 1. The molecule has 0 bridgehead atoms. The Morgan fingerprint density at radius 3 is 2.91 bits per heavy atom. The Labute approximate surface area is 186 Å². The van der Waals surface area contributed by atoms with E-state index in [1.54, 1.807) is 4.90 Å². The molecule has 4 aromatic rings. The monoisotopic (exact) mass is 451 g/mol. The molecule has 6 rings (SSSR count). The van der Waals surface area contributed by atoms with E-state index in [1.165, 1.54) is 26.7 Å². The van der Waals surface area contributed by atoms with E-state index in [4.69, 9.17) is 4.74 Å². The third kappa shape index (κ3) is 3.03. The van der Waals surface area contributed by atoms with Gasteiger partial charge in [0.25, 0.3) is 0 Å². The van der Waals surface area contributed by atoms with E-state index >= 15 is 0 Å². The topological polar surface area (TPSA) is 97.9 Å². The summed E-state index contributed by atoms with van der Waals surface area (Å²) in [4.78, 5) is 39.0. The molecule has 1 aromatic carbocycles. The van der Waals surface area contributed by atoms with Crippen molar-refractivity contribution in [2.45, 2.75) is 26.3 Å². The maximum absolute atomic E-state index is 13.1. The van der Waals surface area contributed by atoms with Gasteiger partial charge in [-0.05, 0) is 37.5 Å². The van der Waals surface area contributed by atoms with E-state index in [0.717, 1.165) is 47.0 Å². The van der Waals surface area contributed by atoms with E-state index in [9.17, 15) is 9.59 Å². The number of nitrogens with zero attached hydrogens (tertiary/aromatic N) is 7. The summed E-state index contributed by atoms with van der Waals surface area (Å²) in [5.41, 5.74) is 2.42. The SMILES string of the molecule is Cc1ccc2c(c1)N(C(=O)Cn1nc3c4sc(N5CCCC5)nc4ncn3c1=O)CCO2. The highest BCUT2D eigenvalue weighted by molar-refractivity contribution is 7.22. The molecule has 11 heteroatoms. The van der Waals surface area contributed by atoms with Gasteiger partial charge in [0.2, 0.25) is 5.91 Å². The number of amides is 1. The van der Waals surface area contributed by atoms with Crippen molar-refractivity contribution in [2.24, 2.45) is 0 Å². The van der Waals surface area contributed by atoms with Crippen LogP contribution in [0.25, 0.3) is 16.0 Å². The molecule has 0 spiro atoms. The number of carbonyl (C=O) groups excluding carboxylic acids is 1. The maximum atomic E-state index is 13.1. The number of thiazole rings is 1. The van der Waals surface area contributed by atoms with E-state index in [1.807, 2.05) is 25.1 Å². The third-order valence-electron chi connectivity index (χ3n) is 5.91. The van der Waals surface area contributed by atoms with Crippen LogP contribution in [0.2, 0.25) is 0 Å². The van der Waals surface area contributed by atoms with E-state index in [0.29, 0.717) is 30.2 Å². The molecule has 5 heterocycles. The lowest BCUT2D eigenvalue weighted by Crippen LogP contribution is -2.41. The smallest absolute Gasteiger partial charge is 0.352 e. The van der Waals surface area contributed by atoms with Crippen molar-refractivity contribution in [2.75, 3.05) is 36.0 Å². The number of ether oxygens (including phenoxy) is 1. The van der Waals surface area contributed by atoms with Gasteiger partial charge in [0, 0.05) is 13.1 Å². The second-order valence-corrected chi connectivity index (χ2v) is 9.06. The number of aryl methyl sites for hydroxylation is 1. The lowest BCUT2D eigenvalue weighted by atomic mass is 10.1. The van der Waals surface area contributed by atoms with Gasteiger partial charge in [-0.25, -0.2) is 18.9 Å². The van der Waals surface area contributed by atoms with Crippen LogP contribution < -0.4 is 20.2 Å². The fraction of sp³-hybridized carbons (Fsp3) is 0.381. The van der Waals surface area contributed by atoms with Crippen molar-refractivity contribution < 1.29 is 9.53 Å². The Morgan fingerprint density at radius 1 is 1.22 bits per heavy atom. The van der Waals surface area contributed by atoms with E-state index < -0.39 is 5.69 Å². The average molecular weight is 452 g/mol. The molecule has 1 amide bonds. The van der Waals surface area contributed by atoms with Crippen LogP contribution in [0.3, 0.4) is 0 Å². The fourth-order valence-electron chi connectivity index (χ4n) is 4.27. The predicted molar refractivity (Wildman–Crippen MR) is 121 cm³/mol. The van der Waals surface area contributed by atoms with Crippen LogP contribution in [0, 0.1) is 6.92 Å². The van der Waals surface area contributed by atoms with Crippen molar-refractivity contribution in [3.8, 4) is 5.75 Å². The highest BCUT2D eigenvalue weighted by atomic mass is 32.1. The normalized spacial score (nSPS) is 16.0. The Balaban J connectivity index is 1.35. The molecule has 32 heavy (non-hydrogen) atoms. The van der Waals surface area contributed by atoms with Crippen LogP contribution >= 0.6 is 11.3 Å². The first-order chi connectivity index (χ1) is 15.6. The Bertz CT molecular complexity index is 1420. The molecular formula is C21H21N7O3S. The summed E-state index contributed by atoms with van der Waals surface area (Å²) in [6, 6.07) is 5.73. The number of benzene rings is 1. The molecule has 164 valence electrons. The van der Waals surface area contributed by atoms with Crippen molar-refractivity contribution in [1.82, 2.24) is 24.1 Å². The minimum atomic E-state index is -0.392. The van der Waals surface area contributed by atoms with Gasteiger partial charge in [0.1, 0.15) is 29.9 Å². The summed E-state index contributed by atoms with van der Waals surface area (Å²) in [5, 5.41) is 5.39. The lowest BCUT2D eigenvalue weighted by Gasteiger charge is -2.29. The molecule has 0 saturated carbocycles. The average Bonchev–Trinajstić information content (AvgIpc) is 3.52. The third-order valence-corrected chi connectivity index (χ3v) is 7.01. The van der Waals surface area contributed by atoms with Crippen LogP contribution in [0.5, 0.6) is 5.75 Å². The standard InChI is InChI=1S/C21H21N7O3S/c1-13-4-5-15-14(10-13)26(8-9-31-15)16(29)11-28-21(30)27-12-22-18-17(19(27)24-28)32-20(23-18)25-6-2-3-7-25/h4-5,10,12H,2-3,6-9,11H2,1H3. The van der Waals surface area contributed by atoms with Crippen molar-refractivity contribution in [3.63, 3.8) is 0 Å². The van der Waals surface area contributed by atoms with Crippen LogP contribution in [0.15, 0.2) is 29.3 Å². The summed E-state index contributed by atoms with van der Waals surface area (Å²) in [5.74, 6) is 0.458. The second-order valence-electron chi connectivity index (χ2n) is 8.09. The molecule has 2 aliphatic heterocycles. The summed E-state index contributed by atoms with van der Waals surface area (Å²) in [7, 11) is 0. The molecule has 0 aliphatic carbocycles. The Kier molecular flexibility index (Phi) is 4.39. The van der Waals surface area contributed by atoms with Crippen molar-refractivity contribution in [1.29, 1.82) is 0 Å². The van der Waals surface area contributed by atoms with Gasteiger partial charge in [-0.3, -0.25) is 4.79 Å². The predicted octanol–water partition coefficient (Wildman–Crippen LogP) is 1.83. The molecule has 0 unspecified atom stereocenters. The zero-order valence-corrected chi connectivity index (χ0v) is 18.3. The number of aromatic nitrogens is 5. The van der Waals surface area contributed by atoms with Gasteiger partial charge in [0.05, 0.1) is 12.2 Å². The van der Waals surface area contributed by atoms with Gasteiger partial charge < -0.3 is 14.5 Å². The second kappa shape index (κ2) is 7.30. The molecule has 3 aromatic heterocycles. The molecule has 1 fully saturated rings. The Morgan fingerprint density at radius 2 is 2.06 bits per heavy atom. The first kappa shape index (κ1) is 19.2. The first-order valence-corrected chi connectivity index (χ1v) is 11.4. The molecular weight excluding hydrogens is 430 g/mol. The number of hydrogen-bond acceptors (Lipinski definition) is 8. The highest BCUT2D eigenvalue weighted by Crippen LogP contribution is 2.33. The van der Waals surface area contributed by atoms with Crippen molar-refractivity contribution in [3.05, 3.63) is 40.6 Å². The highest BCUT2D eigenvalue weighted by Gasteiger charge is 2.26. The molecule has 0 radical (unpaired) electrons. The van der Waals surface area contributed by atoms with Gasteiger partial charge in [-0.15, -0.1) is 5.10 Å². The minimum Gasteiger partial charge on any atom is -0.490 e. The van der Waals surface area contributed by atoms with Crippen LogP contribution in [0.1, 0.15) is 18.4 Å². The fourth-order valence-corrected chi connectivity index (χ4v) is 5.32. The quantitative estimate of drug-likeness (QED) is 0.469. The summed E-state index contributed by atoms with van der Waals surface area (Å²) in [6.45, 7) is 4.60. The zero-order valence-electron chi connectivity index (χ0n) is 17.5. The maximum Gasteiger partial charge on any atom is 0.352 e.